The van der Waals surface area contributed by atoms with Crippen molar-refractivity contribution < 1.29 is 71.7 Å². The molecule has 0 spiro atoms. The average Bonchev–Trinajstić information content (AvgIpc) is 3.21. The fraction of sp³-hybridized carbons (Fsp3) is 0.167. The summed E-state index contributed by atoms with van der Waals surface area (Å²) in [4.78, 5) is 50.5. The number of carbonyl (C=O) groups excluding carboxylic acids is 3. The SMILES string of the molecule is O=C([O-])/C=C\C(=O)OC[C@@H]1CN(c2ccc3cc(-c4ccccc4C(F)(F)F)[nH]c(=O)c3c2)C(=O)O1.[Na+]. The molecule has 0 saturated carbocycles. The van der Waals surface area contributed by atoms with Crippen LogP contribution in [-0.2, 0) is 25.2 Å². The number of rotatable bonds is 6. The molecule has 1 N–H and O–H groups in total. The van der Waals surface area contributed by atoms with E-state index in [-0.39, 0.29) is 65.0 Å². The summed E-state index contributed by atoms with van der Waals surface area (Å²) in [5.41, 5.74) is -1.45. The number of esters is 1. The Balaban J connectivity index is 0.00000380. The van der Waals surface area contributed by atoms with E-state index >= 15 is 0 Å². The number of pyridine rings is 1. The van der Waals surface area contributed by atoms with Crippen LogP contribution in [0, 0.1) is 0 Å². The number of alkyl halides is 3. The van der Waals surface area contributed by atoms with Crippen LogP contribution in [0.5, 0.6) is 0 Å². The molecule has 0 aliphatic carbocycles. The van der Waals surface area contributed by atoms with Crippen molar-refractivity contribution in [3.63, 3.8) is 0 Å². The van der Waals surface area contributed by atoms with Crippen LogP contribution in [-0.4, -0.2) is 42.3 Å². The minimum absolute atomic E-state index is 0. The second-order valence-electron chi connectivity index (χ2n) is 7.73. The number of carbonyl (C=O) groups is 3. The van der Waals surface area contributed by atoms with E-state index in [2.05, 4.69) is 4.98 Å². The molecule has 1 amide bonds. The van der Waals surface area contributed by atoms with Gasteiger partial charge in [0.1, 0.15) is 6.61 Å². The molecule has 13 heteroatoms. The van der Waals surface area contributed by atoms with Gasteiger partial charge >= 0.3 is 47.8 Å². The molecule has 186 valence electrons. The quantitative estimate of drug-likeness (QED) is 0.259. The molecule has 2 aromatic carbocycles. The first-order chi connectivity index (χ1) is 17.0. The minimum Gasteiger partial charge on any atom is -0.545 e. The number of aliphatic carboxylic acids is 1. The number of fused-ring (bicyclic) bond motifs is 1. The maximum absolute atomic E-state index is 13.4. The summed E-state index contributed by atoms with van der Waals surface area (Å²) in [5.74, 6) is -2.54. The van der Waals surface area contributed by atoms with Crippen molar-refractivity contribution in [2.45, 2.75) is 12.3 Å². The second kappa shape index (κ2) is 11.2. The van der Waals surface area contributed by atoms with Crippen LogP contribution in [0.25, 0.3) is 22.0 Å². The standard InChI is InChI=1S/C24H17F3N2O7.Na/c25-24(26,27)18-4-2-1-3-16(18)19-9-13-5-6-14(10-17(13)22(33)28-19)29-11-15(36-23(29)34)12-35-21(32)8-7-20(30)31;/h1-10,15H,11-12H2,(H,28,33)(H,30,31);/q;+1/p-1/b8-7-;/t15-;/m0./s1. The van der Waals surface area contributed by atoms with E-state index in [0.29, 0.717) is 17.5 Å². The van der Waals surface area contributed by atoms with Gasteiger partial charge in [-0.2, -0.15) is 13.2 Å². The molecule has 1 fully saturated rings. The Labute approximate surface area is 228 Å². The van der Waals surface area contributed by atoms with Crippen molar-refractivity contribution in [1.29, 1.82) is 0 Å². The Kier molecular flexibility index (Phi) is 8.46. The molecule has 1 saturated heterocycles. The molecule has 37 heavy (non-hydrogen) atoms. The number of halogens is 3. The first kappa shape index (κ1) is 28.0. The monoisotopic (exact) mass is 524 g/mol. The molecule has 0 radical (unpaired) electrons. The Morgan fingerprint density at radius 1 is 1.14 bits per heavy atom. The average molecular weight is 524 g/mol. The summed E-state index contributed by atoms with van der Waals surface area (Å²) in [5, 5.41) is 10.8. The van der Waals surface area contributed by atoms with Gasteiger partial charge < -0.3 is 24.4 Å². The van der Waals surface area contributed by atoms with Gasteiger partial charge in [0.15, 0.2) is 6.10 Å². The van der Waals surface area contributed by atoms with Gasteiger partial charge in [-0.05, 0) is 35.7 Å². The Hall–Kier alpha value is -3.61. The van der Waals surface area contributed by atoms with Crippen molar-refractivity contribution in [2.24, 2.45) is 0 Å². The summed E-state index contributed by atoms with van der Waals surface area (Å²) in [6, 6.07) is 10.7. The summed E-state index contributed by atoms with van der Waals surface area (Å²) in [6.07, 6.45) is -5.09. The number of cyclic esters (lactones) is 1. The van der Waals surface area contributed by atoms with E-state index in [0.717, 1.165) is 6.07 Å². The fourth-order valence-electron chi connectivity index (χ4n) is 3.70. The third kappa shape index (κ3) is 6.40. The summed E-state index contributed by atoms with van der Waals surface area (Å²) in [7, 11) is 0. The van der Waals surface area contributed by atoms with Crippen LogP contribution < -0.4 is 45.1 Å². The second-order valence-corrected chi connectivity index (χ2v) is 7.73. The number of nitrogens with one attached hydrogen (secondary N) is 1. The van der Waals surface area contributed by atoms with Gasteiger partial charge in [0.05, 0.1) is 18.1 Å². The molecule has 4 rings (SSSR count). The van der Waals surface area contributed by atoms with Crippen molar-refractivity contribution in [1.82, 2.24) is 4.98 Å². The maximum atomic E-state index is 13.4. The molecule has 1 aliphatic rings. The van der Waals surface area contributed by atoms with Gasteiger partial charge in [-0.25, -0.2) is 9.59 Å². The molecule has 2 heterocycles. The Bertz CT molecular complexity index is 1450. The van der Waals surface area contributed by atoms with Crippen molar-refractivity contribution >= 4 is 34.5 Å². The largest absolute Gasteiger partial charge is 1.00 e. The first-order valence-electron chi connectivity index (χ1n) is 10.4. The number of H-pyrrole nitrogens is 1. The topological polar surface area (TPSA) is 129 Å². The summed E-state index contributed by atoms with van der Waals surface area (Å²) < 4.78 is 50.2. The summed E-state index contributed by atoms with van der Waals surface area (Å²) in [6.45, 7) is -0.370. The molecule has 1 aromatic heterocycles. The molecular formula is C24H16F3N2NaO7. The molecule has 1 aliphatic heterocycles. The van der Waals surface area contributed by atoms with Gasteiger partial charge in [-0.15, -0.1) is 0 Å². The van der Waals surface area contributed by atoms with Gasteiger partial charge in [0.25, 0.3) is 5.56 Å². The molecule has 3 aromatic rings. The Morgan fingerprint density at radius 3 is 2.57 bits per heavy atom. The van der Waals surface area contributed by atoms with Crippen molar-refractivity contribution in [2.75, 3.05) is 18.1 Å². The van der Waals surface area contributed by atoms with Gasteiger partial charge in [0, 0.05) is 28.4 Å². The van der Waals surface area contributed by atoms with Crippen LogP contribution in [0.2, 0.25) is 0 Å². The number of amides is 1. The van der Waals surface area contributed by atoms with Crippen molar-refractivity contribution in [3.05, 3.63) is 76.6 Å². The fourth-order valence-corrected chi connectivity index (χ4v) is 3.70. The number of hydrogen-bond donors (Lipinski definition) is 1. The predicted octanol–water partition coefficient (Wildman–Crippen LogP) is -0.608. The zero-order chi connectivity index (χ0) is 26.0. The normalized spacial score (nSPS) is 15.5. The smallest absolute Gasteiger partial charge is 0.545 e. The van der Waals surface area contributed by atoms with Gasteiger partial charge in [0.2, 0.25) is 0 Å². The number of nitrogens with zero attached hydrogens (tertiary/aromatic N) is 1. The number of aromatic nitrogens is 1. The number of aromatic amines is 1. The van der Waals surface area contributed by atoms with E-state index in [1.54, 1.807) is 0 Å². The number of carboxylic acids is 1. The van der Waals surface area contributed by atoms with E-state index in [1.165, 1.54) is 47.4 Å². The predicted molar refractivity (Wildman–Crippen MR) is 118 cm³/mol. The van der Waals surface area contributed by atoms with Crippen LogP contribution >= 0.6 is 0 Å². The van der Waals surface area contributed by atoms with E-state index in [9.17, 15) is 37.5 Å². The van der Waals surface area contributed by atoms with Gasteiger partial charge in [-0.3, -0.25) is 9.69 Å². The Morgan fingerprint density at radius 2 is 1.86 bits per heavy atom. The van der Waals surface area contributed by atoms with Crippen LogP contribution in [0.15, 0.2) is 65.5 Å². The number of benzene rings is 2. The van der Waals surface area contributed by atoms with E-state index < -0.39 is 41.4 Å². The summed E-state index contributed by atoms with van der Waals surface area (Å²) >= 11 is 0. The number of carboxylic acid groups (broad SMARTS) is 1. The molecule has 0 bridgehead atoms. The molecular weight excluding hydrogens is 508 g/mol. The van der Waals surface area contributed by atoms with Gasteiger partial charge in [-0.1, -0.05) is 24.3 Å². The van der Waals surface area contributed by atoms with E-state index in [1.807, 2.05) is 0 Å². The van der Waals surface area contributed by atoms with Crippen LogP contribution in [0.3, 0.4) is 0 Å². The zero-order valence-corrected chi connectivity index (χ0v) is 21.2. The molecule has 0 unspecified atom stereocenters. The minimum atomic E-state index is -4.61. The van der Waals surface area contributed by atoms with Crippen LogP contribution in [0.1, 0.15) is 5.56 Å². The number of ether oxygens (including phenoxy) is 2. The number of hydrogen-bond acceptors (Lipinski definition) is 7. The molecule has 1 atom stereocenters. The first-order valence-corrected chi connectivity index (χ1v) is 10.4. The third-order valence-corrected chi connectivity index (χ3v) is 5.30. The van der Waals surface area contributed by atoms with Crippen LogP contribution in [0.4, 0.5) is 23.7 Å². The van der Waals surface area contributed by atoms with E-state index in [4.69, 9.17) is 9.47 Å². The van der Waals surface area contributed by atoms with Crippen molar-refractivity contribution in [3.8, 4) is 11.3 Å². The third-order valence-electron chi connectivity index (χ3n) is 5.30. The zero-order valence-electron chi connectivity index (χ0n) is 19.2. The maximum Gasteiger partial charge on any atom is 1.00 e. The number of anilines is 1. The molecule has 9 nitrogen and oxygen atoms in total.